The molecule has 2 rings (SSSR count). The first-order valence-corrected chi connectivity index (χ1v) is 6.61. The van der Waals surface area contributed by atoms with Gasteiger partial charge in [0.05, 0.1) is 12.7 Å². The van der Waals surface area contributed by atoms with E-state index < -0.39 is 29.2 Å². The lowest BCUT2D eigenvalue weighted by atomic mass is 9.94. The van der Waals surface area contributed by atoms with Crippen molar-refractivity contribution in [2.24, 2.45) is 5.92 Å². The van der Waals surface area contributed by atoms with Crippen LogP contribution in [-0.2, 0) is 10.5 Å². The fourth-order valence-corrected chi connectivity index (χ4v) is 2.63. The molecule has 1 fully saturated rings. The van der Waals surface area contributed by atoms with Gasteiger partial charge in [0.1, 0.15) is 6.10 Å². The Morgan fingerprint density at radius 2 is 2.20 bits per heavy atom. The molecule has 7 nitrogen and oxygen atoms in total. The molecule has 0 radical (unpaired) electrons. The molecule has 1 saturated heterocycles. The Morgan fingerprint density at radius 3 is 2.70 bits per heavy atom. The van der Waals surface area contributed by atoms with Crippen LogP contribution in [0.4, 0.5) is 0 Å². The fraction of sp³-hybridized carbons (Fsp3) is 0.692. The van der Waals surface area contributed by atoms with Crippen LogP contribution in [0.15, 0.2) is 15.8 Å². The number of aliphatic hydroxyl groups excluding tert-OH is 2. The molecule has 0 saturated carbocycles. The summed E-state index contributed by atoms with van der Waals surface area (Å²) in [6.07, 6.45) is 0.0210. The van der Waals surface area contributed by atoms with Crippen LogP contribution < -0.4 is 11.2 Å². The van der Waals surface area contributed by atoms with Crippen molar-refractivity contribution in [2.75, 3.05) is 6.61 Å². The van der Waals surface area contributed by atoms with Gasteiger partial charge in [-0.3, -0.25) is 14.3 Å². The van der Waals surface area contributed by atoms with E-state index in [1.54, 1.807) is 6.92 Å². The summed E-state index contributed by atoms with van der Waals surface area (Å²) in [6.45, 7) is 4.99. The monoisotopic (exact) mass is 284 g/mol. The average molecular weight is 284 g/mol. The number of aliphatic hydroxyl groups is 2. The third-order valence-corrected chi connectivity index (χ3v) is 3.90. The lowest BCUT2D eigenvalue weighted by Crippen LogP contribution is -2.48. The molecule has 0 aromatic carbocycles. The SMILES string of the molecule is Cc1cn([C@@]2(C(C)C)C[C@H](O)[C@@H](CO)O2)c(=O)[nH]c1=O. The van der Waals surface area contributed by atoms with Crippen molar-refractivity contribution in [1.29, 1.82) is 0 Å². The van der Waals surface area contributed by atoms with Crippen LogP contribution in [0.2, 0.25) is 0 Å². The van der Waals surface area contributed by atoms with E-state index in [-0.39, 0.29) is 18.9 Å². The molecule has 112 valence electrons. The Labute approximate surface area is 115 Å². The second-order valence-corrected chi connectivity index (χ2v) is 5.55. The normalized spacial score (nSPS) is 30.1. The van der Waals surface area contributed by atoms with Crippen LogP contribution >= 0.6 is 0 Å². The second kappa shape index (κ2) is 5.16. The van der Waals surface area contributed by atoms with Crippen LogP contribution in [0.3, 0.4) is 0 Å². The summed E-state index contributed by atoms with van der Waals surface area (Å²) in [6, 6.07) is 0. The van der Waals surface area contributed by atoms with E-state index in [0.29, 0.717) is 5.56 Å². The molecule has 0 aliphatic carbocycles. The molecule has 2 heterocycles. The summed E-state index contributed by atoms with van der Waals surface area (Å²) in [5, 5.41) is 19.2. The molecule has 0 amide bonds. The first kappa shape index (κ1) is 15.0. The highest BCUT2D eigenvalue weighted by molar-refractivity contribution is 5.05. The van der Waals surface area contributed by atoms with Crippen molar-refractivity contribution in [1.82, 2.24) is 9.55 Å². The van der Waals surface area contributed by atoms with E-state index in [4.69, 9.17) is 4.74 Å². The molecular weight excluding hydrogens is 264 g/mol. The molecule has 1 aliphatic rings. The number of nitrogens with zero attached hydrogens (tertiary/aromatic N) is 1. The lowest BCUT2D eigenvalue weighted by Gasteiger charge is -2.35. The van der Waals surface area contributed by atoms with Crippen molar-refractivity contribution in [3.8, 4) is 0 Å². The maximum atomic E-state index is 12.1. The molecule has 0 unspecified atom stereocenters. The summed E-state index contributed by atoms with van der Waals surface area (Å²) in [5.41, 5.74) is -1.71. The molecule has 3 atom stereocenters. The molecular formula is C13H20N2O5. The van der Waals surface area contributed by atoms with Gasteiger partial charge in [-0.2, -0.15) is 0 Å². The second-order valence-electron chi connectivity index (χ2n) is 5.55. The number of hydrogen-bond acceptors (Lipinski definition) is 5. The minimum absolute atomic E-state index is 0.128. The van der Waals surface area contributed by atoms with Gasteiger partial charge in [0.15, 0.2) is 5.72 Å². The van der Waals surface area contributed by atoms with Crippen LogP contribution in [0.1, 0.15) is 25.8 Å². The van der Waals surface area contributed by atoms with Gasteiger partial charge in [-0.05, 0) is 6.92 Å². The number of H-pyrrole nitrogens is 1. The molecule has 3 N–H and O–H groups in total. The first-order chi connectivity index (χ1) is 9.31. The predicted molar refractivity (Wildman–Crippen MR) is 71.5 cm³/mol. The first-order valence-electron chi connectivity index (χ1n) is 6.61. The molecule has 7 heteroatoms. The van der Waals surface area contributed by atoms with Crippen LogP contribution in [0, 0.1) is 12.8 Å². The van der Waals surface area contributed by atoms with E-state index in [0.717, 1.165) is 0 Å². The number of aryl methyl sites for hydroxylation is 1. The number of hydrogen-bond donors (Lipinski definition) is 3. The molecule has 1 aromatic rings. The zero-order valence-corrected chi connectivity index (χ0v) is 11.8. The maximum Gasteiger partial charge on any atom is 0.330 e. The van der Waals surface area contributed by atoms with Gasteiger partial charge in [-0.15, -0.1) is 0 Å². The van der Waals surface area contributed by atoms with Crippen LogP contribution in [-0.4, -0.2) is 38.6 Å². The fourth-order valence-electron chi connectivity index (χ4n) is 2.63. The van der Waals surface area contributed by atoms with Crippen molar-refractivity contribution >= 4 is 0 Å². The van der Waals surface area contributed by atoms with Gasteiger partial charge in [-0.1, -0.05) is 13.8 Å². The molecule has 20 heavy (non-hydrogen) atoms. The molecule has 0 spiro atoms. The summed E-state index contributed by atoms with van der Waals surface area (Å²) in [5.74, 6) is -0.128. The third kappa shape index (κ3) is 2.21. The average Bonchev–Trinajstić information content (AvgIpc) is 2.72. The van der Waals surface area contributed by atoms with Crippen molar-refractivity contribution < 1.29 is 14.9 Å². The topological polar surface area (TPSA) is 105 Å². The van der Waals surface area contributed by atoms with Crippen molar-refractivity contribution in [2.45, 2.75) is 45.1 Å². The van der Waals surface area contributed by atoms with E-state index in [9.17, 15) is 19.8 Å². The Balaban J connectivity index is 2.59. The maximum absolute atomic E-state index is 12.1. The third-order valence-electron chi connectivity index (χ3n) is 3.90. The summed E-state index contributed by atoms with van der Waals surface area (Å²) in [4.78, 5) is 25.8. The highest BCUT2D eigenvalue weighted by Crippen LogP contribution is 2.40. The Bertz CT molecular complexity index is 606. The van der Waals surface area contributed by atoms with Gasteiger partial charge in [0.25, 0.3) is 5.56 Å². The highest BCUT2D eigenvalue weighted by Gasteiger charge is 2.49. The Morgan fingerprint density at radius 1 is 1.55 bits per heavy atom. The van der Waals surface area contributed by atoms with E-state index in [1.165, 1.54) is 10.8 Å². The van der Waals surface area contributed by atoms with Gasteiger partial charge in [0.2, 0.25) is 0 Å². The highest BCUT2D eigenvalue weighted by atomic mass is 16.6. The lowest BCUT2D eigenvalue weighted by molar-refractivity contribution is -0.145. The molecule has 0 bridgehead atoms. The smallest absolute Gasteiger partial charge is 0.330 e. The van der Waals surface area contributed by atoms with Crippen LogP contribution in [0.25, 0.3) is 0 Å². The van der Waals surface area contributed by atoms with Crippen molar-refractivity contribution in [3.05, 3.63) is 32.6 Å². The van der Waals surface area contributed by atoms with Crippen molar-refractivity contribution in [3.63, 3.8) is 0 Å². The van der Waals surface area contributed by atoms with Crippen LogP contribution in [0.5, 0.6) is 0 Å². The minimum Gasteiger partial charge on any atom is -0.394 e. The molecule has 1 aromatic heterocycles. The van der Waals surface area contributed by atoms with E-state index >= 15 is 0 Å². The Kier molecular flexibility index (Phi) is 3.86. The number of nitrogens with one attached hydrogen (secondary N) is 1. The summed E-state index contributed by atoms with van der Waals surface area (Å²) < 4.78 is 7.09. The standard InChI is InChI=1S/C13H20N2O5/c1-7(2)13(4-9(17)10(6-16)20-13)15-5-8(3)11(18)14-12(15)19/h5,7,9-10,16-17H,4,6H2,1-3H3,(H,14,18,19)/t9-,10+,13-/m0/s1. The van der Waals surface area contributed by atoms with Gasteiger partial charge in [-0.25, -0.2) is 4.79 Å². The molecule has 1 aliphatic heterocycles. The quantitative estimate of drug-likeness (QED) is 0.680. The Hall–Kier alpha value is -1.44. The van der Waals surface area contributed by atoms with Gasteiger partial charge < -0.3 is 14.9 Å². The van der Waals surface area contributed by atoms with Gasteiger partial charge >= 0.3 is 5.69 Å². The summed E-state index contributed by atoms with van der Waals surface area (Å²) >= 11 is 0. The minimum atomic E-state index is -1.07. The largest absolute Gasteiger partial charge is 0.394 e. The van der Waals surface area contributed by atoms with E-state index in [1.807, 2.05) is 13.8 Å². The number of ether oxygens (including phenoxy) is 1. The number of aromatic amines is 1. The summed E-state index contributed by atoms with van der Waals surface area (Å²) in [7, 11) is 0. The van der Waals surface area contributed by atoms with E-state index in [2.05, 4.69) is 4.98 Å². The zero-order chi connectivity index (χ0) is 15.1. The zero-order valence-electron chi connectivity index (χ0n) is 11.8. The number of aromatic nitrogens is 2. The van der Waals surface area contributed by atoms with Gasteiger partial charge in [0, 0.05) is 24.1 Å². The predicted octanol–water partition coefficient (Wildman–Crippen LogP) is -0.704. The number of rotatable bonds is 3.